The Kier molecular flexibility index (Phi) is 3.61. The summed E-state index contributed by atoms with van der Waals surface area (Å²) in [6.45, 7) is 2.43. The molecule has 0 amide bonds. The smallest absolute Gasteiger partial charge is 0.108 e. The van der Waals surface area contributed by atoms with Crippen LogP contribution in [0.3, 0.4) is 0 Å². The Morgan fingerprint density at radius 1 is 1.62 bits per heavy atom. The number of aromatic nitrogens is 2. The third-order valence-corrected chi connectivity index (χ3v) is 3.64. The Labute approximate surface area is 96.8 Å². The van der Waals surface area contributed by atoms with Gasteiger partial charge in [-0.25, -0.2) is 4.98 Å². The second kappa shape index (κ2) is 4.97. The number of ether oxygens (including phenoxy) is 1. The van der Waals surface area contributed by atoms with E-state index in [-0.39, 0.29) is 5.41 Å². The summed E-state index contributed by atoms with van der Waals surface area (Å²) in [7, 11) is 2.04. The Hall–Kier alpha value is -0.870. The molecule has 2 rings (SSSR count). The third-order valence-electron chi connectivity index (χ3n) is 3.64. The average Bonchev–Trinajstić information content (AvgIpc) is 2.74. The van der Waals surface area contributed by atoms with E-state index in [1.807, 2.05) is 19.4 Å². The SMILES string of the molecule is Cn1ccnc1CCC1(CN)CCCOC1. The number of imidazole rings is 1. The van der Waals surface area contributed by atoms with E-state index in [0.717, 1.165) is 44.8 Å². The highest BCUT2D eigenvalue weighted by Crippen LogP contribution is 2.32. The number of rotatable bonds is 4. The molecule has 1 fully saturated rings. The molecule has 0 aliphatic carbocycles. The molecular weight excluding hydrogens is 202 g/mol. The van der Waals surface area contributed by atoms with Crippen molar-refractivity contribution in [2.24, 2.45) is 18.2 Å². The summed E-state index contributed by atoms with van der Waals surface area (Å²) in [6.07, 6.45) is 8.23. The van der Waals surface area contributed by atoms with Crippen LogP contribution in [-0.2, 0) is 18.2 Å². The molecule has 4 nitrogen and oxygen atoms in total. The lowest BCUT2D eigenvalue weighted by Crippen LogP contribution is -2.39. The monoisotopic (exact) mass is 223 g/mol. The predicted octanol–water partition coefficient (Wildman–Crippen LogP) is 1.11. The normalized spacial score (nSPS) is 25.9. The highest BCUT2D eigenvalue weighted by Gasteiger charge is 2.31. The molecule has 1 aliphatic rings. The minimum atomic E-state index is 0.185. The van der Waals surface area contributed by atoms with E-state index in [9.17, 15) is 0 Å². The van der Waals surface area contributed by atoms with E-state index in [0.29, 0.717) is 0 Å². The molecular formula is C12H21N3O. The van der Waals surface area contributed by atoms with Crippen LogP contribution >= 0.6 is 0 Å². The van der Waals surface area contributed by atoms with Gasteiger partial charge in [-0.05, 0) is 19.3 Å². The van der Waals surface area contributed by atoms with E-state index in [2.05, 4.69) is 9.55 Å². The van der Waals surface area contributed by atoms with Crippen molar-refractivity contribution in [3.05, 3.63) is 18.2 Å². The number of nitrogens with zero attached hydrogens (tertiary/aromatic N) is 2. The van der Waals surface area contributed by atoms with Gasteiger partial charge in [-0.15, -0.1) is 0 Å². The number of nitrogens with two attached hydrogens (primary N) is 1. The second-order valence-corrected chi connectivity index (χ2v) is 4.81. The zero-order valence-electron chi connectivity index (χ0n) is 9.98. The molecule has 1 aromatic rings. The van der Waals surface area contributed by atoms with Crippen LogP contribution in [-0.4, -0.2) is 29.3 Å². The molecule has 0 spiro atoms. The van der Waals surface area contributed by atoms with Crippen LogP contribution in [0.4, 0.5) is 0 Å². The van der Waals surface area contributed by atoms with Gasteiger partial charge in [0.1, 0.15) is 5.82 Å². The summed E-state index contributed by atoms with van der Waals surface area (Å²) in [6, 6.07) is 0. The summed E-state index contributed by atoms with van der Waals surface area (Å²) in [5, 5.41) is 0. The van der Waals surface area contributed by atoms with Crippen LogP contribution in [0, 0.1) is 5.41 Å². The lowest BCUT2D eigenvalue weighted by atomic mass is 9.78. The molecule has 0 radical (unpaired) electrons. The Bertz CT molecular complexity index is 329. The molecule has 1 unspecified atom stereocenters. The maximum absolute atomic E-state index is 5.91. The summed E-state index contributed by atoms with van der Waals surface area (Å²) in [5.41, 5.74) is 6.09. The fourth-order valence-corrected chi connectivity index (χ4v) is 2.38. The van der Waals surface area contributed by atoms with Gasteiger partial charge in [0.05, 0.1) is 6.61 Å². The van der Waals surface area contributed by atoms with Gasteiger partial charge in [-0.1, -0.05) is 0 Å². The first-order valence-electron chi connectivity index (χ1n) is 6.00. The largest absolute Gasteiger partial charge is 0.381 e. The molecule has 4 heteroatoms. The number of hydrogen-bond acceptors (Lipinski definition) is 3. The molecule has 0 saturated carbocycles. The molecule has 2 N–H and O–H groups in total. The van der Waals surface area contributed by atoms with Gasteiger partial charge in [0, 0.05) is 44.4 Å². The number of aryl methyl sites for hydroxylation is 2. The van der Waals surface area contributed by atoms with Crippen molar-refractivity contribution in [3.8, 4) is 0 Å². The Morgan fingerprint density at radius 3 is 3.06 bits per heavy atom. The van der Waals surface area contributed by atoms with Gasteiger partial charge in [0.2, 0.25) is 0 Å². The molecule has 1 aliphatic heterocycles. The maximum atomic E-state index is 5.91. The van der Waals surface area contributed by atoms with Gasteiger partial charge in [0.25, 0.3) is 0 Å². The van der Waals surface area contributed by atoms with Gasteiger partial charge in [-0.3, -0.25) is 0 Å². The zero-order valence-corrected chi connectivity index (χ0v) is 9.98. The Balaban J connectivity index is 1.94. The molecule has 1 atom stereocenters. The lowest BCUT2D eigenvalue weighted by Gasteiger charge is -2.35. The van der Waals surface area contributed by atoms with Crippen molar-refractivity contribution in [2.45, 2.75) is 25.7 Å². The third kappa shape index (κ3) is 2.44. The van der Waals surface area contributed by atoms with Gasteiger partial charge in [0.15, 0.2) is 0 Å². The molecule has 1 aromatic heterocycles. The van der Waals surface area contributed by atoms with Gasteiger partial charge < -0.3 is 15.0 Å². The predicted molar refractivity (Wildman–Crippen MR) is 63.1 cm³/mol. The quantitative estimate of drug-likeness (QED) is 0.832. The van der Waals surface area contributed by atoms with Crippen molar-refractivity contribution in [2.75, 3.05) is 19.8 Å². The molecule has 0 aromatic carbocycles. The highest BCUT2D eigenvalue weighted by atomic mass is 16.5. The van der Waals surface area contributed by atoms with E-state index < -0.39 is 0 Å². The van der Waals surface area contributed by atoms with E-state index in [1.165, 1.54) is 6.42 Å². The van der Waals surface area contributed by atoms with Crippen LogP contribution in [0.25, 0.3) is 0 Å². The van der Waals surface area contributed by atoms with Crippen LogP contribution in [0.15, 0.2) is 12.4 Å². The molecule has 90 valence electrons. The van der Waals surface area contributed by atoms with Gasteiger partial charge in [-0.2, -0.15) is 0 Å². The molecule has 1 saturated heterocycles. The molecule has 16 heavy (non-hydrogen) atoms. The lowest BCUT2D eigenvalue weighted by molar-refractivity contribution is -0.00757. The van der Waals surface area contributed by atoms with E-state index in [4.69, 9.17) is 10.5 Å². The average molecular weight is 223 g/mol. The van der Waals surface area contributed by atoms with Gasteiger partial charge >= 0.3 is 0 Å². The zero-order chi connectivity index (χ0) is 11.4. The van der Waals surface area contributed by atoms with Crippen molar-refractivity contribution < 1.29 is 4.74 Å². The topological polar surface area (TPSA) is 53.1 Å². The fraction of sp³-hybridized carbons (Fsp3) is 0.750. The van der Waals surface area contributed by atoms with Crippen LogP contribution in [0.5, 0.6) is 0 Å². The fourth-order valence-electron chi connectivity index (χ4n) is 2.38. The minimum Gasteiger partial charge on any atom is -0.381 e. The summed E-state index contributed by atoms with van der Waals surface area (Å²) < 4.78 is 7.65. The minimum absolute atomic E-state index is 0.185. The first kappa shape index (κ1) is 11.6. The summed E-state index contributed by atoms with van der Waals surface area (Å²) in [4.78, 5) is 4.35. The highest BCUT2D eigenvalue weighted by molar-refractivity contribution is 4.94. The van der Waals surface area contributed by atoms with Crippen LogP contribution < -0.4 is 5.73 Å². The maximum Gasteiger partial charge on any atom is 0.108 e. The van der Waals surface area contributed by atoms with E-state index in [1.54, 1.807) is 0 Å². The summed E-state index contributed by atoms with van der Waals surface area (Å²) in [5.74, 6) is 1.14. The standard InChI is InChI=1S/C12H21N3O/c1-15-7-6-14-11(15)3-5-12(9-13)4-2-8-16-10-12/h6-7H,2-5,8-10,13H2,1H3. The van der Waals surface area contributed by atoms with E-state index >= 15 is 0 Å². The van der Waals surface area contributed by atoms with Crippen LogP contribution in [0.2, 0.25) is 0 Å². The Morgan fingerprint density at radius 2 is 2.50 bits per heavy atom. The summed E-state index contributed by atoms with van der Waals surface area (Å²) >= 11 is 0. The van der Waals surface area contributed by atoms with Crippen molar-refractivity contribution in [1.82, 2.24) is 9.55 Å². The number of hydrogen-bond donors (Lipinski definition) is 1. The first-order valence-corrected chi connectivity index (χ1v) is 6.00. The van der Waals surface area contributed by atoms with Crippen molar-refractivity contribution in [3.63, 3.8) is 0 Å². The first-order chi connectivity index (χ1) is 7.76. The van der Waals surface area contributed by atoms with Crippen molar-refractivity contribution >= 4 is 0 Å². The van der Waals surface area contributed by atoms with Crippen molar-refractivity contribution in [1.29, 1.82) is 0 Å². The molecule has 2 heterocycles. The van der Waals surface area contributed by atoms with Crippen LogP contribution in [0.1, 0.15) is 25.1 Å². The second-order valence-electron chi connectivity index (χ2n) is 4.81. The molecule has 0 bridgehead atoms.